The molecule has 1 N–H and O–H groups in total. The summed E-state index contributed by atoms with van der Waals surface area (Å²) in [4.78, 5) is 12.7. The summed E-state index contributed by atoms with van der Waals surface area (Å²) in [6.07, 6.45) is -0.120. The molecule has 1 aliphatic rings. The number of hydrogen-bond donors (Lipinski definition) is 1. The number of likely N-dealkylation sites (N-methyl/N-ethyl adjacent to an activating group) is 1. The Labute approximate surface area is 67.2 Å². The maximum atomic E-state index is 11.1. The quantitative estimate of drug-likeness (QED) is 0.511. The molecule has 0 aromatic heterocycles. The van der Waals surface area contributed by atoms with Crippen LogP contribution in [0.3, 0.4) is 0 Å². The molecule has 1 aliphatic heterocycles. The van der Waals surface area contributed by atoms with Crippen LogP contribution in [0.5, 0.6) is 0 Å². The number of aliphatic hydroxyl groups is 1. The minimum Gasteiger partial charge on any atom is -0.468 e. The van der Waals surface area contributed by atoms with Gasteiger partial charge in [0.25, 0.3) is 0 Å². The van der Waals surface area contributed by atoms with E-state index in [-0.39, 0.29) is 13.0 Å². The van der Waals surface area contributed by atoms with Gasteiger partial charge in [0.2, 0.25) is 0 Å². The maximum absolute atomic E-state index is 11.1. The van der Waals surface area contributed by atoms with Crippen molar-refractivity contribution in [1.29, 1.82) is 0 Å². The fraction of sp³-hybridized carbons (Fsp3) is 0.857. The van der Waals surface area contributed by atoms with E-state index in [2.05, 4.69) is 4.74 Å². The molecular formula is C7H13NO3. The van der Waals surface area contributed by atoms with Crippen LogP contribution in [-0.4, -0.2) is 48.8 Å². The number of ether oxygens (including phenoxy) is 1. The number of β-amino-alcohol motifs (C(OH)–C–C–N with tert-alkyl or cyclic N) is 1. The van der Waals surface area contributed by atoms with Crippen LogP contribution in [0, 0.1) is 0 Å². The van der Waals surface area contributed by atoms with Gasteiger partial charge in [0, 0.05) is 14.3 Å². The van der Waals surface area contributed by atoms with E-state index in [1.54, 1.807) is 4.90 Å². The topological polar surface area (TPSA) is 49.8 Å². The first-order valence-electron chi connectivity index (χ1n) is 4.19. The lowest BCUT2D eigenvalue weighted by atomic mass is 10.2. The molecule has 0 amide bonds. The van der Waals surface area contributed by atoms with Gasteiger partial charge in [0.1, 0.15) is 6.04 Å². The first-order valence-corrected chi connectivity index (χ1v) is 3.48. The van der Waals surface area contributed by atoms with Gasteiger partial charge in [-0.15, -0.1) is 0 Å². The van der Waals surface area contributed by atoms with Crippen molar-refractivity contribution in [2.24, 2.45) is 0 Å². The molecular weight excluding hydrogens is 146 g/mol. The third-order valence-electron chi connectivity index (χ3n) is 1.85. The predicted octanol–water partition coefficient (Wildman–Crippen LogP) is -0.776. The van der Waals surface area contributed by atoms with E-state index in [0.29, 0.717) is 13.0 Å². The molecule has 4 heteroatoms. The molecule has 0 aromatic rings. The van der Waals surface area contributed by atoms with Crippen LogP contribution in [0.2, 0.25) is 0 Å². The SMILES string of the molecule is [2H]CN1C[C@@H](O)C[C@H]1C(=O)OC. The molecule has 1 rings (SSSR count). The zero-order chi connectivity index (χ0) is 9.14. The highest BCUT2D eigenvalue weighted by atomic mass is 16.5. The van der Waals surface area contributed by atoms with Gasteiger partial charge in [-0.25, -0.2) is 0 Å². The molecule has 2 atom stereocenters. The smallest absolute Gasteiger partial charge is 0.323 e. The number of rotatable bonds is 1. The highest BCUT2D eigenvalue weighted by molar-refractivity contribution is 5.76. The zero-order valence-electron chi connectivity index (χ0n) is 7.49. The van der Waals surface area contributed by atoms with Crippen molar-refractivity contribution in [1.82, 2.24) is 4.90 Å². The molecule has 1 saturated heterocycles. The summed E-state index contributed by atoms with van der Waals surface area (Å²) in [6.45, 7) is 0.392. The Hall–Kier alpha value is -0.610. The normalized spacial score (nSPS) is 33.5. The largest absolute Gasteiger partial charge is 0.468 e. The third-order valence-corrected chi connectivity index (χ3v) is 1.85. The Morgan fingerprint density at radius 2 is 2.64 bits per heavy atom. The minimum absolute atomic E-state index is 0.0246. The molecule has 1 heterocycles. The van der Waals surface area contributed by atoms with Gasteiger partial charge in [-0.1, -0.05) is 0 Å². The molecule has 0 saturated carbocycles. The minimum atomic E-state index is -0.501. The second kappa shape index (κ2) is 3.19. The molecule has 0 bridgehead atoms. The summed E-state index contributed by atoms with van der Waals surface area (Å²) in [7, 11) is 1.34. The molecule has 0 unspecified atom stereocenters. The van der Waals surface area contributed by atoms with Gasteiger partial charge in [0.15, 0.2) is 0 Å². The second-order valence-corrected chi connectivity index (χ2v) is 2.70. The summed E-state index contributed by atoms with van der Waals surface area (Å²) in [6, 6.07) is -0.428. The summed E-state index contributed by atoms with van der Waals surface area (Å²) < 4.78 is 11.6. The third kappa shape index (κ3) is 1.70. The van der Waals surface area contributed by atoms with E-state index in [9.17, 15) is 9.90 Å². The Morgan fingerprint density at radius 1 is 1.91 bits per heavy atom. The molecule has 0 radical (unpaired) electrons. The maximum Gasteiger partial charge on any atom is 0.323 e. The average Bonchev–Trinajstić information content (AvgIpc) is 2.45. The van der Waals surface area contributed by atoms with Crippen molar-refractivity contribution in [2.75, 3.05) is 20.7 Å². The highest BCUT2D eigenvalue weighted by Gasteiger charge is 2.33. The van der Waals surface area contributed by atoms with E-state index < -0.39 is 12.1 Å². The monoisotopic (exact) mass is 160 g/mol. The van der Waals surface area contributed by atoms with Crippen LogP contribution in [-0.2, 0) is 9.53 Å². The van der Waals surface area contributed by atoms with Gasteiger partial charge in [-0.2, -0.15) is 0 Å². The van der Waals surface area contributed by atoms with Crippen molar-refractivity contribution in [3.8, 4) is 0 Å². The zero-order valence-corrected chi connectivity index (χ0v) is 6.49. The van der Waals surface area contributed by atoms with E-state index >= 15 is 0 Å². The summed E-state index contributed by atoms with van der Waals surface area (Å²) in [5, 5.41) is 9.21. The number of hydrogen-bond acceptors (Lipinski definition) is 4. The Balaban J connectivity index is 2.57. The van der Waals surface area contributed by atoms with E-state index in [1.807, 2.05) is 0 Å². The second-order valence-electron chi connectivity index (χ2n) is 2.70. The Bertz CT molecular complexity index is 176. The molecule has 1 fully saturated rings. The summed E-state index contributed by atoms with van der Waals surface area (Å²) in [5.41, 5.74) is 0. The molecule has 0 spiro atoms. The summed E-state index contributed by atoms with van der Waals surface area (Å²) in [5.74, 6) is -0.362. The average molecular weight is 160 g/mol. The Morgan fingerprint density at radius 3 is 3.18 bits per heavy atom. The molecule has 0 aromatic carbocycles. The van der Waals surface area contributed by atoms with Crippen LogP contribution in [0.1, 0.15) is 7.79 Å². The first-order chi connectivity index (χ1) is 5.69. The fourth-order valence-electron chi connectivity index (χ4n) is 1.26. The van der Waals surface area contributed by atoms with E-state index in [1.165, 1.54) is 7.11 Å². The van der Waals surface area contributed by atoms with Crippen LogP contribution in [0.15, 0.2) is 0 Å². The molecule has 64 valence electrons. The van der Waals surface area contributed by atoms with Crippen molar-refractivity contribution in [3.05, 3.63) is 0 Å². The van der Waals surface area contributed by atoms with Crippen LogP contribution in [0.4, 0.5) is 0 Å². The van der Waals surface area contributed by atoms with Gasteiger partial charge in [0.05, 0.1) is 13.2 Å². The lowest BCUT2D eigenvalue weighted by Gasteiger charge is -2.15. The first kappa shape index (κ1) is 7.06. The summed E-state index contributed by atoms with van der Waals surface area (Å²) >= 11 is 0. The molecule has 0 aliphatic carbocycles. The highest BCUT2D eigenvalue weighted by Crippen LogP contribution is 2.16. The standard InChI is InChI=1S/C7H13NO3/c1-8-4-5(9)3-6(8)7(10)11-2/h5-6,9H,3-4H2,1-2H3/t5-,6-/m0/s1/i1D. The number of nitrogens with zero attached hydrogens (tertiary/aromatic N) is 1. The number of aliphatic hydroxyl groups excluding tert-OH is 1. The number of carbonyl (C=O) groups is 1. The van der Waals surface area contributed by atoms with E-state index in [0.717, 1.165) is 0 Å². The number of methoxy groups -OCH3 is 1. The van der Waals surface area contributed by atoms with Gasteiger partial charge >= 0.3 is 5.97 Å². The van der Waals surface area contributed by atoms with Gasteiger partial charge < -0.3 is 9.84 Å². The van der Waals surface area contributed by atoms with Crippen LogP contribution in [0.25, 0.3) is 0 Å². The fourth-order valence-corrected chi connectivity index (χ4v) is 1.26. The van der Waals surface area contributed by atoms with Gasteiger partial charge in [-0.05, 0) is 7.02 Å². The number of esters is 1. The number of likely N-dealkylation sites (tertiary alicyclic amines) is 1. The predicted molar refractivity (Wildman–Crippen MR) is 39.1 cm³/mol. The van der Waals surface area contributed by atoms with Gasteiger partial charge in [-0.3, -0.25) is 9.69 Å². The Kier molecular flexibility index (Phi) is 2.05. The van der Waals surface area contributed by atoms with Crippen molar-refractivity contribution < 1.29 is 16.0 Å². The number of carbonyl (C=O) groups excluding carboxylic acids is 1. The molecule has 11 heavy (non-hydrogen) atoms. The van der Waals surface area contributed by atoms with E-state index in [4.69, 9.17) is 1.37 Å². The van der Waals surface area contributed by atoms with Crippen LogP contribution >= 0.6 is 0 Å². The lowest BCUT2D eigenvalue weighted by Crippen LogP contribution is -2.33. The lowest BCUT2D eigenvalue weighted by molar-refractivity contribution is -0.145. The van der Waals surface area contributed by atoms with Crippen molar-refractivity contribution in [3.63, 3.8) is 0 Å². The van der Waals surface area contributed by atoms with Crippen LogP contribution < -0.4 is 0 Å². The molecule has 4 nitrogen and oxygen atoms in total. The van der Waals surface area contributed by atoms with Crippen molar-refractivity contribution in [2.45, 2.75) is 18.6 Å². The van der Waals surface area contributed by atoms with Crippen molar-refractivity contribution >= 4 is 5.97 Å².